The molecule has 2 aliphatic rings. The molecule has 1 heterocycles. The Morgan fingerprint density at radius 2 is 1.55 bits per heavy atom. The second-order valence-corrected chi connectivity index (χ2v) is 10.0. The predicted molar refractivity (Wildman–Crippen MR) is 147 cm³/mol. The Hall–Kier alpha value is -4.13. The molecular formula is C31H33N3O4. The summed E-state index contributed by atoms with van der Waals surface area (Å²) in [7, 11) is 1.62. The fourth-order valence-electron chi connectivity index (χ4n) is 5.85. The zero-order chi connectivity index (χ0) is 26.6. The number of nitrogens with zero attached hydrogens (tertiary/aromatic N) is 1. The van der Waals surface area contributed by atoms with Crippen LogP contribution in [0.5, 0.6) is 5.75 Å². The first kappa shape index (κ1) is 25.5. The molecule has 0 radical (unpaired) electrons. The molecule has 3 aromatic rings. The summed E-state index contributed by atoms with van der Waals surface area (Å²) in [6.07, 6.45) is 5.15. The molecule has 7 nitrogen and oxygen atoms in total. The molecule has 1 aliphatic carbocycles. The number of rotatable bonds is 6. The molecule has 5 rings (SSSR count). The maximum atomic E-state index is 14.1. The Kier molecular flexibility index (Phi) is 7.45. The predicted octanol–water partition coefficient (Wildman–Crippen LogP) is 5.91. The minimum absolute atomic E-state index is 0.0231. The van der Waals surface area contributed by atoms with E-state index < -0.39 is 12.0 Å². The zero-order valence-electron chi connectivity index (χ0n) is 21.8. The van der Waals surface area contributed by atoms with Crippen molar-refractivity contribution in [2.45, 2.75) is 57.0 Å². The molecule has 1 aliphatic heterocycles. The van der Waals surface area contributed by atoms with Gasteiger partial charge < -0.3 is 20.3 Å². The summed E-state index contributed by atoms with van der Waals surface area (Å²) in [4.78, 5) is 41.7. The van der Waals surface area contributed by atoms with Crippen molar-refractivity contribution < 1.29 is 19.1 Å². The van der Waals surface area contributed by atoms with Crippen LogP contribution in [0, 0.1) is 0 Å². The molecule has 0 aromatic heterocycles. The molecule has 196 valence electrons. The maximum Gasteiger partial charge on any atom is 0.254 e. The van der Waals surface area contributed by atoms with Crippen LogP contribution >= 0.6 is 0 Å². The SMILES string of the molecule is COc1ccc(C2C(C(=O)Nc3cccc(NC(C)=O)c3)c3ccccc3C(=O)N2C2CCCCC2)cc1. The first-order valence-electron chi connectivity index (χ1n) is 13.2. The van der Waals surface area contributed by atoms with Crippen molar-refractivity contribution in [2.24, 2.45) is 0 Å². The Bertz CT molecular complexity index is 1330. The van der Waals surface area contributed by atoms with E-state index in [2.05, 4.69) is 10.6 Å². The van der Waals surface area contributed by atoms with Gasteiger partial charge in [-0.25, -0.2) is 0 Å². The van der Waals surface area contributed by atoms with Crippen LogP contribution < -0.4 is 15.4 Å². The van der Waals surface area contributed by atoms with Crippen LogP contribution in [0.3, 0.4) is 0 Å². The third-order valence-electron chi connectivity index (χ3n) is 7.53. The van der Waals surface area contributed by atoms with Gasteiger partial charge in [0.15, 0.2) is 0 Å². The lowest BCUT2D eigenvalue weighted by Crippen LogP contribution is -2.51. The largest absolute Gasteiger partial charge is 0.497 e. The van der Waals surface area contributed by atoms with Gasteiger partial charge >= 0.3 is 0 Å². The molecule has 1 saturated carbocycles. The van der Waals surface area contributed by atoms with Gasteiger partial charge in [0.25, 0.3) is 5.91 Å². The van der Waals surface area contributed by atoms with E-state index in [1.165, 1.54) is 6.92 Å². The van der Waals surface area contributed by atoms with Crippen molar-refractivity contribution in [3.05, 3.63) is 89.5 Å². The van der Waals surface area contributed by atoms with E-state index in [1.54, 1.807) is 31.4 Å². The Labute approximate surface area is 223 Å². The van der Waals surface area contributed by atoms with Crippen molar-refractivity contribution in [3.63, 3.8) is 0 Å². The summed E-state index contributed by atoms with van der Waals surface area (Å²) in [6.45, 7) is 1.44. The highest BCUT2D eigenvalue weighted by atomic mass is 16.5. The third-order valence-corrected chi connectivity index (χ3v) is 7.53. The Morgan fingerprint density at radius 3 is 2.24 bits per heavy atom. The summed E-state index contributed by atoms with van der Waals surface area (Å²) in [6, 6.07) is 21.8. The first-order chi connectivity index (χ1) is 18.5. The Morgan fingerprint density at radius 1 is 0.868 bits per heavy atom. The van der Waals surface area contributed by atoms with E-state index in [0.29, 0.717) is 16.9 Å². The topological polar surface area (TPSA) is 87.7 Å². The van der Waals surface area contributed by atoms with Crippen molar-refractivity contribution in [1.29, 1.82) is 0 Å². The lowest BCUT2D eigenvalue weighted by Gasteiger charge is -2.46. The van der Waals surface area contributed by atoms with Gasteiger partial charge in [-0.2, -0.15) is 0 Å². The highest BCUT2D eigenvalue weighted by Gasteiger charge is 2.46. The highest BCUT2D eigenvalue weighted by molar-refractivity contribution is 6.04. The van der Waals surface area contributed by atoms with E-state index in [0.717, 1.165) is 49.0 Å². The normalized spacial score (nSPS) is 19.4. The van der Waals surface area contributed by atoms with Crippen LogP contribution in [0.2, 0.25) is 0 Å². The maximum absolute atomic E-state index is 14.1. The molecular weight excluding hydrogens is 478 g/mol. The van der Waals surface area contributed by atoms with Gasteiger partial charge in [0.2, 0.25) is 11.8 Å². The summed E-state index contributed by atoms with van der Waals surface area (Å²) < 4.78 is 5.38. The molecule has 2 N–H and O–H groups in total. The molecule has 0 saturated heterocycles. The first-order valence-corrected chi connectivity index (χ1v) is 13.2. The van der Waals surface area contributed by atoms with Gasteiger partial charge in [0, 0.05) is 29.9 Å². The quantitative estimate of drug-likeness (QED) is 0.431. The standard InChI is InChI=1S/C31H33N3O4/c1-20(35)32-22-9-8-10-23(19-22)33-30(36)28-26-13-6-7-14-27(26)31(37)34(24-11-4-3-5-12-24)29(28)21-15-17-25(38-2)18-16-21/h6-10,13-19,24,28-29H,3-5,11-12H2,1-2H3,(H,32,35)(H,33,36). The van der Waals surface area contributed by atoms with E-state index in [1.807, 2.05) is 53.4 Å². The molecule has 3 amide bonds. The van der Waals surface area contributed by atoms with Crippen LogP contribution in [0.25, 0.3) is 0 Å². The number of amides is 3. The second kappa shape index (κ2) is 11.1. The Balaban J connectivity index is 1.59. The number of ether oxygens (including phenoxy) is 1. The van der Waals surface area contributed by atoms with E-state index in [4.69, 9.17) is 4.74 Å². The monoisotopic (exact) mass is 511 g/mol. The molecule has 38 heavy (non-hydrogen) atoms. The van der Waals surface area contributed by atoms with Gasteiger partial charge in [0.1, 0.15) is 5.75 Å². The average molecular weight is 512 g/mol. The van der Waals surface area contributed by atoms with Crippen molar-refractivity contribution >= 4 is 29.1 Å². The van der Waals surface area contributed by atoms with Crippen LogP contribution in [-0.4, -0.2) is 35.8 Å². The van der Waals surface area contributed by atoms with Crippen molar-refractivity contribution in [2.75, 3.05) is 17.7 Å². The van der Waals surface area contributed by atoms with E-state index in [9.17, 15) is 14.4 Å². The van der Waals surface area contributed by atoms with Crippen LogP contribution in [0.15, 0.2) is 72.8 Å². The number of carbonyl (C=O) groups excluding carboxylic acids is 3. The zero-order valence-corrected chi connectivity index (χ0v) is 21.8. The second-order valence-electron chi connectivity index (χ2n) is 10.0. The average Bonchev–Trinajstić information content (AvgIpc) is 2.93. The fourth-order valence-corrected chi connectivity index (χ4v) is 5.85. The van der Waals surface area contributed by atoms with Gasteiger partial charge in [-0.3, -0.25) is 14.4 Å². The number of benzene rings is 3. The lowest BCUT2D eigenvalue weighted by atomic mass is 9.77. The lowest BCUT2D eigenvalue weighted by molar-refractivity contribution is -0.119. The number of fused-ring (bicyclic) bond motifs is 1. The van der Waals surface area contributed by atoms with Gasteiger partial charge in [0.05, 0.1) is 19.1 Å². The number of anilines is 2. The smallest absolute Gasteiger partial charge is 0.254 e. The number of nitrogens with one attached hydrogen (secondary N) is 2. The molecule has 3 aromatic carbocycles. The third kappa shape index (κ3) is 5.14. The molecule has 7 heteroatoms. The van der Waals surface area contributed by atoms with Crippen molar-refractivity contribution in [1.82, 2.24) is 4.90 Å². The van der Waals surface area contributed by atoms with Crippen LogP contribution in [0.4, 0.5) is 11.4 Å². The molecule has 0 bridgehead atoms. The number of carbonyl (C=O) groups is 3. The fraction of sp³-hybridized carbons (Fsp3) is 0.323. The minimum atomic E-state index is -0.622. The van der Waals surface area contributed by atoms with Crippen molar-refractivity contribution in [3.8, 4) is 5.75 Å². The summed E-state index contributed by atoms with van der Waals surface area (Å²) in [5, 5.41) is 5.83. The van der Waals surface area contributed by atoms with Crippen LogP contribution in [0.1, 0.15) is 72.5 Å². The van der Waals surface area contributed by atoms with Crippen LogP contribution in [-0.2, 0) is 9.59 Å². The molecule has 2 atom stereocenters. The summed E-state index contributed by atoms with van der Waals surface area (Å²) in [5.74, 6) is -0.313. The van der Waals surface area contributed by atoms with E-state index in [-0.39, 0.29) is 23.8 Å². The minimum Gasteiger partial charge on any atom is -0.497 e. The number of hydrogen-bond acceptors (Lipinski definition) is 4. The van der Waals surface area contributed by atoms with E-state index >= 15 is 0 Å². The molecule has 2 unspecified atom stereocenters. The molecule has 1 fully saturated rings. The van der Waals surface area contributed by atoms with Gasteiger partial charge in [-0.15, -0.1) is 0 Å². The van der Waals surface area contributed by atoms with Gasteiger partial charge in [-0.05, 0) is 60.4 Å². The van der Waals surface area contributed by atoms with Gasteiger partial charge in [-0.1, -0.05) is 55.7 Å². The molecule has 0 spiro atoms. The summed E-state index contributed by atoms with van der Waals surface area (Å²) >= 11 is 0. The number of methoxy groups -OCH3 is 1. The number of hydrogen-bond donors (Lipinski definition) is 2. The summed E-state index contributed by atoms with van der Waals surface area (Å²) in [5.41, 5.74) is 3.38. The highest BCUT2D eigenvalue weighted by Crippen LogP contribution is 2.46.